The molecule has 0 aliphatic heterocycles. The predicted molar refractivity (Wildman–Crippen MR) is 326 cm³/mol. The van der Waals surface area contributed by atoms with E-state index in [1.54, 1.807) is 17.0 Å². The second-order valence-corrected chi connectivity index (χ2v) is 21.8. The highest BCUT2D eigenvalue weighted by molar-refractivity contribution is 5.92. The fourth-order valence-corrected chi connectivity index (χ4v) is 8.90. The Labute approximate surface area is 505 Å². The summed E-state index contributed by atoms with van der Waals surface area (Å²) in [6.45, 7) is 9.14. The van der Waals surface area contributed by atoms with Crippen molar-refractivity contribution in [3.05, 3.63) is 29.8 Å². The first-order valence-electron chi connectivity index (χ1n) is 31.0. The monoisotopic (exact) mass is 1210 g/mol. The number of carbonyl (C=O) groups excluding carboxylic acids is 7. The summed E-state index contributed by atoms with van der Waals surface area (Å²) >= 11 is 0. The highest BCUT2D eigenvalue weighted by atomic mass is 16.5. The number of aliphatic imine (C=N–C) groups is 1. The Morgan fingerprint density at radius 1 is 0.588 bits per heavy atom. The van der Waals surface area contributed by atoms with Crippen LogP contribution in [-0.4, -0.2) is 171 Å². The molecule has 0 fully saturated rings. The number of amides is 3. The van der Waals surface area contributed by atoms with Crippen molar-refractivity contribution >= 4 is 58.8 Å². The molecule has 4 atom stereocenters. The van der Waals surface area contributed by atoms with Gasteiger partial charge in [0.25, 0.3) is 0 Å². The molecule has 0 unspecified atom stereocenters. The SMILES string of the molecule is CCCCCCC(=O)C[C@@H](CCC(=O)NCCOCCOCC(=O)CCCOCCOCC(=O)N[C@H](C(=O)CN(CCCN=C(N)N)CC(=O)C[C@@H](Cc1ccc(O)cc1)C(N)=O)[C@@H](C)CC)C(=O)O.CCCCCCCCCCCCC(=O)O. The number of benzene rings is 1. The van der Waals surface area contributed by atoms with Crippen LogP contribution in [0.5, 0.6) is 5.75 Å². The molecule has 1 aromatic carbocycles. The van der Waals surface area contributed by atoms with Gasteiger partial charge < -0.3 is 62.1 Å². The molecule has 0 aliphatic carbocycles. The number of rotatable bonds is 56. The van der Waals surface area contributed by atoms with Gasteiger partial charge in [0.2, 0.25) is 17.7 Å². The van der Waals surface area contributed by atoms with Gasteiger partial charge in [-0.05, 0) is 62.1 Å². The van der Waals surface area contributed by atoms with Crippen LogP contribution in [0.4, 0.5) is 0 Å². The van der Waals surface area contributed by atoms with Gasteiger partial charge in [-0.25, -0.2) is 0 Å². The summed E-state index contributed by atoms with van der Waals surface area (Å²) in [5.74, 6) is -6.02. The summed E-state index contributed by atoms with van der Waals surface area (Å²) in [4.78, 5) is 116. The first-order chi connectivity index (χ1) is 40.7. The lowest BCUT2D eigenvalue weighted by atomic mass is 9.93. The molecule has 85 heavy (non-hydrogen) atoms. The number of ketones is 4. The Kier molecular flexibility index (Phi) is 48.8. The number of ether oxygens (including phenoxy) is 4. The van der Waals surface area contributed by atoms with Gasteiger partial charge in [-0.3, -0.25) is 53.0 Å². The maximum Gasteiger partial charge on any atom is 0.306 e. The minimum atomic E-state index is -1.08. The molecule has 0 aromatic heterocycles. The number of carboxylic acids is 2. The van der Waals surface area contributed by atoms with E-state index in [0.717, 1.165) is 44.1 Å². The average Bonchev–Trinajstić information content (AvgIpc) is 3.67. The molecule has 0 saturated carbocycles. The van der Waals surface area contributed by atoms with Crippen LogP contribution in [0.1, 0.15) is 187 Å². The van der Waals surface area contributed by atoms with E-state index in [2.05, 4.69) is 29.5 Å². The number of hydrogen-bond donors (Lipinski definition) is 8. The third-order valence-electron chi connectivity index (χ3n) is 14.0. The van der Waals surface area contributed by atoms with E-state index in [0.29, 0.717) is 32.1 Å². The summed E-state index contributed by atoms with van der Waals surface area (Å²) in [5.41, 5.74) is 17.3. The Bertz CT molecular complexity index is 2060. The van der Waals surface area contributed by atoms with Gasteiger partial charge in [0.1, 0.15) is 30.5 Å². The fourth-order valence-electron chi connectivity index (χ4n) is 8.90. The highest BCUT2D eigenvalue weighted by Gasteiger charge is 2.29. The molecule has 486 valence electrons. The van der Waals surface area contributed by atoms with Gasteiger partial charge in [-0.15, -0.1) is 0 Å². The topological polar surface area (TPSA) is 369 Å². The number of hydrogen-bond acceptors (Lipinski definition) is 16. The minimum absolute atomic E-state index is 0.00969. The number of aliphatic carboxylic acids is 2. The van der Waals surface area contributed by atoms with Gasteiger partial charge in [0.15, 0.2) is 17.5 Å². The lowest BCUT2D eigenvalue weighted by Crippen LogP contribution is -2.50. The average molecular weight is 1210 g/mol. The first-order valence-corrected chi connectivity index (χ1v) is 31.0. The van der Waals surface area contributed by atoms with Crippen molar-refractivity contribution in [1.82, 2.24) is 15.5 Å². The van der Waals surface area contributed by atoms with Crippen LogP contribution in [0.15, 0.2) is 29.3 Å². The summed E-state index contributed by atoms with van der Waals surface area (Å²) in [7, 11) is 0. The zero-order valence-electron chi connectivity index (χ0n) is 51.8. The summed E-state index contributed by atoms with van der Waals surface area (Å²) < 4.78 is 21.8. The van der Waals surface area contributed by atoms with Crippen LogP contribution in [0.25, 0.3) is 0 Å². The molecule has 0 radical (unpaired) electrons. The number of nitrogens with zero attached hydrogens (tertiary/aromatic N) is 2. The van der Waals surface area contributed by atoms with Crippen LogP contribution < -0.4 is 27.8 Å². The molecule has 23 heteroatoms. The second-order valence-electron chi connectivity index (χ2n) is 21.8. The molecule has 11 N–H and O–H groups in total. The number of unbranched alkanes of at least 4 members (excludes halogenated alkanes) is 12. The smallest absolute Gasteiger partial charge is 0.306 e. The second kappa shape index (κ2) is 52.4. The summed E-state index contributed by atoms with van der Waals surface area (Å²) in [6.07, 6.45) is 18.8. The quantitative estimate of drug-likeness (QED) is 0.0199. The third-order valence-corrected chi connectivity index (χ3v) is 14.0. The van der Waals surface area contributed by atoms with E-state index >= 15 is 0 Å². The lowest BCUT2D eigenvalue weighted by Gasteiger charge is -2.27. The number of phenols is 1. The molecule has 3 amide bonds. The summed E-state index contributed by atoms with van der Waals surface area (Å²) in [6, 6.07) is 5.38. The van der Waals surface area contributed by atoms with E-state index in [4.69, 9.17) is 41.3 Å². The van der Waals surface area contributed by atoms with Crippen LogP contribution in [0.3, 0.4) is 0 Å². The number of guanidine groups is 1. The van der Waals surface area contributed by atoms with Crippen molar-refractivity contribution in [1.29, 1.82) is 0 Å². The number of carbonyl (C=O) groups is 9. The molecule has 1 aromatic rings. The molecular formula is C62H107N7O16. The van der Waals surface area contributed by atoms with Crippen LogP contribution >= 0.6 is 0 Å². The van der Waals surface area contributed by atoms with Crippen molar-refractivity contribution in [2.24, 2.45) is 39.9 Å². The predicted octanol–water partition coefficient (Wildman–Crippen LogP) is 6.39. The van der Waals surface area contributed by atoms with Gasteiger partial charge in [0, 0.05) is 70.7 Å². The van der Waals surface area contributed by atoms with Gasteiger partial charge >= 0.3 is 11.9 Å². The number of Topliss-reactive ketones (excluding diaryl/α,β-unsaturated/α-hetero) is 4. The van der Waals surface area contributed by atoms with Crippen molar-refractivity contribution in [3.63, 3.8) is 0 Å². The zero-order valence-corrected chi connectivity index (χ0v) is 51.8. The van der Waals surface area contributed by atoms with Crippen molar-refractivity contribution in [2.75, 3.05) is 85.6 Å². The fraction of sp³-hybridized carbons (Fsp3) is 0.742. The highest BCUT2D eigenvalue weighted by Crippen LogP contribution is 2.19. The van der Waals surface area contributed by atoms with Crippen LogP contribution in [0.2, 0.25) is 0 Å². The number of nitrogens with two attached hydrogens (primary N) is 3. The van der Waals surface area contributed by atoms with Crippen molar-refractivity contribution < 1.29 is 77.4 Å². The molecule has 1 rings (SSSR count). The lowest BCUT2D eigenvalue weighted by molar-refractivity contribution is -0.144. The zero-order chi connectivity index (χ0) is 63.5. The molecule has 0 spiro atoms. The van der Waals surface area contributed by atoms with E-state index in [-0.39, 0.29) is 171 Å². The standard InChI is InChI=1S/C49H81N7O14.C13H26O2/c1-4-6-7-8-11-40(58)29-37(48(65)66)15-18-44(62)53-20-23-68-25-26-69-33-41(59)12-9-22-67-24-27-70-34-45(63)55-46(35(3)5-2)43(61)32-56(21-10-19-54-49(51)52)31-42(60)30-38(47(50)64)28-36-13-16-39(57)17-14-36;1-2-3-4-5-6-7-8-9-10-11-12-13(14)15/h13-14,16-17,35,37-38,46,57H,4-12,15,18-34H2,1-3H3,(H2,50,64)(H,53,62)(H,55,63)(H,65,66)(H4,51,52,54);2-12H2,1H3,(H,14,15)/t35-,37+,38+,46-;/m0./s1. The number of phenolic OH excluding ortho intramolecular Hbond substituents is 1. The van der Waals surface area contributed by atoms with Crippen molar-refractivity contribution in [3.8, 4) is 5.75 Å². The van der Waals surface area contributed by atoms with Gasteiger partial charge in [0.05, 0.1) is 58.1 Å². The van der Waals surface area contributed by atoms with Crippen molar-refractivity contribution in [2.45, 2.75) is 194 Å². The number of aromatic hydroxyl groups is 1. The molecule has 23 nitrogen and oxygen atoms in total. The number of carboxylic acid groups (broad SMARTS) is 2. The molecule has 0 heterocycles. The van der Waals surface area contributed by atoms with Crippen LogP contribution in [-0.2, 0) is 68.5 Å². The minimum Gasteiger partial charge on any atom is -0.508 e. The van der Waals surface area contributed by atoms with E-state index in [1.165, 1.54) is 63.5 Å². The number of primary amides is 1. The van der Waals surface area contributed by atoms with E-state index < -0.39 is 41.6 Å². The van der Waals surface area contributed by atoms with Gasteiger partial charge in [-0.2, -0.15) is 0 Å². The normalized spacial score (nSPS) is 12.5. The Hall–Kier alpha value is -5.88. The molecule has 0 bridgehead atoms. The molecule has 0 saturated heterocycles. The third kappa shape index (κ3) is 47.0. The molecular weight excluding hydrogens is 1100 g/mol. The first kappa shape index (κ1) is 79.1. The largest absolute Gasteiger partial charge is 0.508 e. The Morgan fingerprint density at radius 3 is 1.73 bits per heavy atom. The Morgan fingerprint density at radius 2 is 1.14 bits per heavy atom. The van der Waals surface area contributed by atoms with E-state index in [1.807, 2.05) is 13.8 Å². The van der Waals surface area contributed by atoms with Gasteiger partial charge in [-0.1, -0.05) is 123 Å². The van der Waals surface area contributed by atoms with E-state index in [9.17, 15) is 53.4 Å². The van der Waals surface area contributed by atoms with Crippen LogP contribution in [0, 0.1) is 17.8 Å². The molecule has 0 aliphatic rings. The maximum absolute atomic E-state index is 13.7. The maximum atomic E-state index is 13.7. The summed E-state index contributed by atoms with van der Waals surface area (Å²) in [5, 5.41) is 32.9. The number of nitrogens with one attached hydrogen (secondary N) is 2. The Balaban J connectivity index is 0.00000409.